The van der Waals surface area contributed by atoms with Crippen molar-refractivity contribution in [3.8, 4) is 6.07 Å². The van der Waals surface area contributed by atoms with Crippen LogP contribution >= 0.6 is 0 Å². The molecule has 11 nitrogen and oxygen atoms in total. The molecule has 5 N–H and O–H groups in total. The van der Waals surface area contributed by atoms with Crippen molar-refractivity contribution in [1.82, 2.24) is 5.32 Å². The average Bonchev–Trinajstić information content (AvgIpc) is 1.64. The molecule has 860 valence electrons. The minimum atomic E-state index is -4.07. The second-order valence-corrected chi connectivity index (χ2v) is 53.6. The van der Waals surface area contributed by atoms with Crippen LogP contribution in [0.2, 0.25) is 0 Å². The van der Waals surface area contributed by atoms with Crippen molar-refractivity contribution in [3.05, 3.63) is 0 Å². The molecule has 5 saturated heterocycles. The van der Waals surface area contributed by atoms with Crippen LogP contribution in [0.1, 0.15) is 516 Å². The number of halogens is 7. The third-order valence-electron chi connectivity index (χ3n) is 29.7. The SMILES string of the molecule is CC(C)C(C#N)CO.CC(C)C1(CO)CC1.CC(C)C1CC1.CC(C)C1CNC1.CC(C)CC(C)(C)C(F)(F)F.CC(C)CC(C)O.CC(C)CC(F)(F)F.CC(C)CC1(C)CCOCC1.CC(C)CC1(CO)CCOCC1.CC(C)CC1CCCO1.CC(C)CC1COC1.CC(C)CCC1(C)CCCC1.CC(C)CCCF.CC(C)OC(C)(C)C.CCC1(CC(C)C)CCC1.CCC1CCC(C(C)C)CC1. The van der Waals surface area contributed by atoms with Crippen LogP contribution in [0.5, 0.6) is 0 Å². The van der Waals surface area contributed by atoms with Gasteiger partial charge in [0.25, 0.3) is 0 Å². The minimum absolute atomic E-state index is 0.0197. The number of rotatable bonds is 32. The van der Waals surface area contributed by atoms with E-state index < -0.39 is 24.2 Å². The second-order valence-electron chi connectivity index (χ2n) is 53.6. The molecule has 5 saturated carbocycles. The largest absolute Gasteiger partial charge is 0.396 e. The van der Waals surface area contributed by atoms with Crippen LogP contribution in [-0.2, 0) is 23.7 Å². The molecule has 5 aliphatic heterocycles. The first-order valence-corrected chi connectivity index (χ1v) is 58.7. The van der Waals surface area contributed by atoms with E-state index in [1.165, 1.54) is 200 Å². The summed E-state index contributed by atoms with van der Waals surface area (Å²) in [7, 11) is 0. The van der Waals surface area contributed by atoms with E-state index in [1.807, 2.05) is 40.7 Å². The van der Waals surface area contributed by atoms with Crippen molar-refractivity contribution in [2.75, 3.05) is 85.8 Å². The Hall–Kier alpha value is -1.40. The van der Waals surface area contributed by atoms with E-state index in [-0.39, 0.29) is 60.5 Å². The maximum Gasteiger partial charge on any atom is 0.393 e. The molecule has 10 aliphatic rings. The Balaban J connectivity index is -0.000000348. The van der Waals surface area contributed by atoms with E-state index in [4.69, 9.17) is 44.3 Å². The first-order valence-electron chi connectivity index (χ1n) is 58.7. The van der Waals surface area contributed by atoms with Gasteiger partial charge in [0, 0.05) is 58.6 Å². The smallest absolute Gasteiger partial charge is 0.393 e. The number of nitrogens with one attached hydrogen (secondary N) is 1. The molecule has 10 rings (SSSR count). The highest BCUT2D eigenvalue weighted by Crippen LogP contribution is 2.52. The second kappa shape index (κ2) is 83.1. The van der Waals surface area contributed by atoms with Gasteiger partial charge in [-0.1, -0.05) is 301 Å². The predicted octanol–water partition coefficient (Wildman–Crippen LogP) is 37.4. The summed E-state index contributed by atoms with van der Waals surface area (Å²) in [6.07, 6.45) is 36.2. The van der Waals surface area contributed by atoms with Crippen molar-refractivity contribution in [3.63, 3.8) is 0 Å². The van der Waals surface area contributed by atoms with Gasteiger partial charge in [-0.2, -0.15) is 31.6 Å². The zero-order valence-corrected chi connectivity index (χ0v) is 102. The lowest BCUT2D eigenvalue weighted by molar-refractivity contribution is -0.216. The number of aliphatic hydroxyl groups excluding tert-OH is 4. The molecule has 0 aromatic heterocycles. The van der Waals surface area contributed by atoms with E-state index in [2.05, 4.69) is 220 Å². The van der Waals surface area contributed by atoms with Crippen molar-refractivity contribution in [1.29, 1.82) is 5.26 Å². The Morgan fingerprint density at radius 1 is 0.444 bits per heavy atom. The van der Waals surface area contributed by atoms with Gasteiger partial charge in [0.2, 0.25) is 0 Å². The lowest BCUT2D eigenvalue weighted by Crippen LogP contribution is -2.44. The lowest BCUT2D eigenvalue weighted by Gasteiger charge is -2.42. The van der Waals surface area contributed by atoms with Crippen LogP contribution in [0, 0.1) is 168 Å². The fraction of sp³-hybridized carbons (Fsp3) is 0.992. The van der Waals surface area contributed by atoms with Crippen LogP contribution < -0.4 is 5.32 Å². The number of aliphatic hydroxyl groups is 4. The molecule has 3 atom stereocenters. The Labute approximate surface area is 881 Å². The molecule has 0 spiro atoms. The van der Waals surface area contributed by atoms with Crippen molar-refractivity contribution in [2.24, 2.45) is 157 Å². The van der Waals surface area contributed by atoms with Crippen molar-refractivity contribution < 1.29 is 74.8 Å². The monoisotopic (exact) mass is 2050 g/mol. The molecule has 5 heterocycles. The van der Waals surface area contributed by atoms with Crippen molar-refractivity contribution >= 4 is 0 Å². The van der Waals surface area contributed by atoms with Gasteiger partial charge in [-0.05, 0) is 361 Å². The fourth-order valence-electron chi connectivity index (χ4n) is 19.7. The molecule has 18 heteroatoms. The summed E-state index contributed by atoms with van der Waals surface area (Å²) < 4.78 is 108. The normalized spacial score (nSPS) is 20.6. The zero-order valence-electron chi connectivity index (χ0n) is 102. The molecular formula is C124H251F7N2O9. The Morgan fingerprint density at radius 3 is 1.07 bits per heavy atom. The lowest BCUT2D eigenvalue weighted by atomic mass is 9.63. The van der Waals surface area contributed by atoms with Crippen LogP contribution in [0.25, 0.3) is 0 Å². The number of alkyl halides is 7. The topological polar surface area (TPSA) is 163 Å². The summed E-state index contributed by atoms with van der Waals surface area (Å²) in [4.78, 5) is 0. The number of nitriles is 1. The summed E-state index contributed by atoms with van der Waals surface area (Å²) in [6, 6.07) is 2.00. The van der Waals surface area contributed by atoms with Gasteiger partial charge < -0.3 is 49.4 Å². The molecule has 142 heavy (non-hydrogen) atoms. The maximum absolute atomic E-state index is 12.2. The first-order chi connectivity index (χ1) is 65.4. The van der Waals surface area contributed by atoms with Crippen LogP contribution in [-0.4, -0.2) is 143 Å². The maximum atomic E-state index is 12.2. The van der Waals surface area contributed by atoms with Crippen molar-refractivity contribution in [2.45, 2.75) is 552 Å². The summed E-state index contributed by atoms with van der Waals surface area (Å²) >= 11 is 0. The predicted molar refractivity (Wildman–Crippen MR) is 601 cm³/mol. The highest BCUT2D eigenvalue weighted by molar-refractivity contribution is 4.95. The van der Waals surface area contributed by atoms with Crippen LogP contribution in [0.3, 0.4) is 0 Å². The summed E-state index contributed by atoms with van der Waals surface area (Å²) in [5, 5.41) is 46.9. The third kappa shape index (κ3) is 90.2. The average molecular weight is 2050 g/mol. The highest BCUT2D eigenvalue weighted by Gasteiger charge is 2.47. The van der Waals surface area contributed by atoms with Gasteiger partial charge in [-0.3, -0.25) is 4.39 Å². The van der Waals surface area contributed by atoms with Gasteiger partial charge in [0.05, 0.1) is 67.8 Å². The number of hydrogen-bond acceptors (Lipinski definition) is 11. The van der Waals surface area contributed by atoms with Gasteiger partial charge in [-0.15, -0.1) is 0 Å². The quantitative estimate of drug-likeness (QED) is 0.0408. The standard InChI is InChI=1S/2C11H22.C10H20O2.C10H20O.C10H20.C8H15F3.C8H16O.2C7H14O.C7H16O.C6H13F.C6H11NO.C6H13N.C6H14O.C6H12.C5H9F3/c1-10(2)6-9-11(3)7-4-5-8-11;1-4-10-5-7-11(8-6-10)9(2)3;1-9(2)7-10(8-11)3-5-12-6-4-10;1-9(2)8-10(3)4-6-11-7-5-10;1-4-10(6-5-7-10)8-9(2)3;1-6(2)5-7(3,4)8(9,10)11;1-7(2)6-8-4-3-5-9-8;1-6(2)3-7-4-8-5-7;1-6(2)7(5-8)3-4-7;1-6(2)8-7(3,4)5;1-6(2)4-3-5-7;1-5(2)6(3-7)4-8;1-5(2)6-3-7-4-6;1-5(2)4-6(3)7;1-5(2)6-3-4-6;1-4(2)3-5(6,7)8/h10H,4-9H2,1-3H3;9-11H,4-8H2,1-3H3;9,11H,3-8H2,1-2H3;9H,4-8H2,1-3H3;9H,4-8H2,1-3H3;6H,5H2,1-4H3;7-8H,3-6H2,1-2H3;6-7H,3-5H2,1-2H3;6,8H,3-5H2,1-2H3;6H,1-5H3;6H,3-5H2,1-2H3;5-6,8H,4H2,1-2H3;5-7H,3-4H2,1-2H3;5-7H,4H2,1-3H3;5-6H,3-4H2,1-2H3;4H,3H2,1-2H3. The summed E-state index contributed by atoms with van der Waals surface area (Å²) in [5.41, 5.74) is 1.09. The fourth-order valence-corrected chi connectivity index (χ4v) is 19.7. The third-order valence-corrected chi connectivity index (χ3v) is 29.7. The van der Waals surface area contributed by atoms with Gasteiger partial charge in [-0.25, -0.2) is 0 Å². The van der Waals surface area contributed by atoms with Crippen LogP contribution in [0.4, 0.5) is 30.7 Å². The summed E-state index contributed by atoms with van der Waals surface area (Å²) in [6.45, 7) is 98.5. The van der Waals surface area contributed by atoms with Gasteiger partial charge >= 0.3 is 12.4 Å². The summed E-state index contributed by atoms with van der Waals surface area (Å²) in [5.74, 6) is 14.6. The zero-order chi connectivity index (χ0) is 111. The Morgan fingerprint density at radius 2 is 0.887 bits per heavy atom. The van der Waals surface area contributed by atoms with Gasteiger partial charge in [0.1, 0.15) is 0 Å². The molecule has 0 radical (unpaired) electrons. The van der Waals surface area contributed by atoms with Gasteiger partial charge in [0.15, 0.2) is 0 Å². The molecular weight excluding hydrogens is 1790 g/mol. The highest BCUT2D eigenvalue weighted by atomic mass is 19.4. The first kappa shape index (κ1) is 151. The van der Waals surface area contributed by atoms with Crippen LogP contribution in [0.15, 0.2) is 0 Å². The van der Waals surface area contributed by atoms with E-state index in [0.717, 1.165) is 173 Å². The van der Waals surface area contributed by atoms with E-state index in [1.54, 1.807) is 27.7 Å². The Kier molecular flexibility index (Phi) is 88.5. The number of ether oxygens (including phenoxy) is 5. The molecule has 0 aromatic rings. The minimum Gasteiger partial charge on any atom is -0.396 e. The molecule has 3 unspecified atom stereocenters. The molecule has 0 aromatic carbocycles. The molecule has 10 fully saturated rings. The van der Waals surface area contributed by atoms with E-state index in [0.29, 0.717) is 59.9 Å². The number of nitrogens with zero attached hydrogens (tertiary/aromatic N) is 1. The molecule has 0 bridgehead atoms. The molecule has 5 aliphatic carbocycles. The van der Waals surface area contributed by atoms with E-state index in [9.17, 15) is 35.8 Å². The molecule has 0 amide bonds. The number of hydrogen-bond donors (Lipinski definition) is 5. The Bertz CT molecular complexity index is 2740. The van der Waals surface area contributed by atoms with E-state index >= 15 is 0 Å².